The van der Waals surface area contributed by atoms with Gasteiger partial charge < -0.3 is 15.8 Å². The molecule has 0 aliphatic carbocycles. The maximum atomic E-state index is 11.9. The van der Waals surface area contributed by atoms with Crippen LogP contribution in [0.3, 0.4) is 0 Å². The molecule has 0 radical (unpaired) electrons. The van der Waals surface area contributed by atoms with E-state index in [2.05, 4.69) is 10.3 Å². The van der Waals surface area contributed by atoms with Gasteiger partial charge in [-0.1, -0.05) is 18.2 Å². The van der Waals surface area contributed by atoms with Crippen LogP contribution in [0.1, 0.15) is 18.4 Å². The minimum absolute atomic E-state index is 0.0551. The number of pyridine rings is 1. The highest BCUT2D eigenvalue weighted by molar-refractivity contribution is 5.82. The molecule has 1 aliphatic rings. The Morgan fingerprint density at radius 3 is 3.09 bits per heavy atom. The van der Waals surface area contributed by atoms with Crippen LogP contribution in [0.5, 0.6) is 0 Å². The van der Waals surface area contributed by atoms with E-state index >= 15 is 0 Å². The maximum Gasteiger partial charge on any atom is 0.220 e. The number of ether oxygens (including phenoxy) is 1. The fraction of sp³-hybridized carbons (Fsp3) is 0.412. The monoisotopic (exact) mass is 299 g/mol. The minimum atomic E-state index is 0.0551. The number of nitrogens with two attached hydrogens (primary N) is 1. The first-order valence-electron chi connectivity index (χ1n) is 7.71. The first-order valence-corrected chi connectivity index (χ1v) is 7.71. The van der Waals surface area contributed by atoms with Crippen molar-refractivity contribution in [1.82, 2.24) is 10.3 Å². The summed E-state index contributed by atoms with van der Waals surface area (Å²) in [6.07, 6.45) is 2.07. The van der Waals surface area contributed by atoms with Crippen LogP contribution in [0.15, 0.2) is 30.3 Å². The Balaban J connectivity index is 1.56. The first-order chi connectivity index (χ1) is 10.7. The molecule has 1 aliphatic heterocycles. The van der Waals surface area contributed by atoms with Crippen molar-refractivity contribution in [2.45, 2.75) is 19.3 Å². The average molecular weight is 299 g/mol. The second-order valence-electron chi connectivity index (χ2n) is 5.76. The number of benzene rings is 1. The number of rotatable bonds is 5. The Bertz CT molecular complexity index is 666. The highest BCUT2D eigenvalue weighted by Crippen LogP contribution is 2.19. The summed E-state index contributed by atoms with van der Waals surface area (Å²) in [5.74, 6) is 1.02. The summed E-state index contributed by atoms with van der Waals surface area (Å²) in [5.41, 5.74) is 7.80. The topological polar surface area (TPSA) is 77.2 Å². The zero-order valence-electron chi connectivity index (χ0n) is 12.5. The van der Waals surface area contributed by atoms with Gasteiger partial charge in [-0.3, -0.25) is 4.79 Å². The second kappa shape index (κ2) is 6.75. The Hall–Kier alpha value is -2.14. The average Bonchev–Trinajstić information content (AvgIpc) is 3.04. The van der Waals surface area contributed by atoms with Crippen molar-refractivity contribution in [3.8, 4) is 0 Å². The minimum Gasteiger partial charge on any atom is -0.383 e. The van der Waals surface area contributed by atoms with Crippen molar-refractivity contribution in [1.29, 1.82) is 0 Å². The van der Waals surface area contributed by atoms with E-state index in [4.69, 9.17) is 10.5 Å². The van der Waals surface area contributed by atoms with Crippen molar-refractivity contribution >= 4 is 22.6 Å². The number of nitrogens with zero attached hydrogens (tertiary/aromatic N) is 1. The Morgan fingerprint density at radius 2 is 2.27 bits per heavy atom. The van der Waals surface area contributed by atoms with Crippen LogP contribution in [-0.4, -0.2) is 30.6 Å². The van der Waals surface area contributed by atoms with Gasteiger partial charge in [0.1, 0.15) is 5.82 Å². The lowest BCUT2D eigenvalue weighted by Gasteiger charge is -2.10. The first kappa shape index (κ1) is 14.8. The molecule has 1 atom stereocenters. The zero-order valence-corrected chi connectivity index (χ0v) is 12.5. The van der Waals surface area contributed by atoms with E-state index in [1.165, 1.54) is 0 Å². The maximum absolute atomic E-state index is 11.9. The number of hydrogen-bond acceptors (Lipinski definition) is 4. The number of carbonyl (C=O) groups is 1. The van der Waals surface area contributed by atoms with E-state index in [-0.39, 0.29) is 5.91 Å². The second-order valence-corrected chi connectivity index (χ2v) is 5.76. The number of aryl methyl sites for hydroxylation is 1. The Kier molecular flexibility index (Phi) is 4.53. The largest absolute Gasteiger partial charge is 0.383 e. The number of hydrogen-bond donors (Lipinski definition) is 2. The predicted molar refractivity (Wildman–Crippen MR) is 86.4 cm³/mol. The predicted octanol–water partition coefficient (Wildman–Crippen LogP) is 1.90. The molecule has 3 N–H and O–H groups in total. The number of nitrogen functional groups attached to an aromatic ring is 1. The number of amides is 1. The van der Waals surface area contributed by atoms with E-state index in [1.54, 1.807) is 0 Å². The standard InChI is InChI=1S/C17H21N3O2/c18-17-14(9-13-3-1-2-4-15(13)20-17)5-6-16(21)19-10-12-7-8-22-11-12/h1-4,9,12H,5-8,10-11H2,(H2,18,20)(H,19,21). The molecule has 2 heterocycles. The third-order valence-electron chi connectivity index (χ3n) is 4.07. The normalized spacial score (nSPS) is 17.7. The number of aromatic nitrogens is 1. The van der Waals surface area contributed by atoms with Gasteiger partial charge >= 0.3 is 0 Å². The third kappa shape index (κ3) is 3.54. The molecule has 0 bridgehead atoms. The van der Waals surface area contributed by atoms with Crippen LogP contribution in [0.2, 0.25) is 0 Å². The van der Waals surface area contributed by atoms with Crippen LogP contribution < -0.4 is 11.1 Å². The van der Waals surface area contributed by atoms with E-state index in [9.17, 15) is 4.79 Å². The van der Waals surface area contributed by atoms with Crippen molar-refractivity contribution < 1.29 is 9.53 Å². The molecular formula is C17H21N3O2. The number of carbonyl (C=O) groups excluding carboxylic acids is 1. The number of para-hydroxylation sites is 1. The molecule has 3 rings (SSSR count). The quantitative estimate of drug-likeness (QED) is 0.884. The zero-order chi connectivity index (χ0) is 15.4. The van der Waals surface area contributed by atoms with E-state index < -0.39 is 0 Å². The molecule has 1 amide bonds. The van der Waals surface area contributed by atoms with Gasteiger partial charge in [-0.2, -0.15) is 0 Å². The highest BCUT2D eigenvalue weighted by atomic mass is 16.5. The lowest BCUT2D eigenvalue weighted by molar-refractivity contribution is -0.121. The lowest BCUT2D eigenvalue weighted by Crippen LogP contribution is -2.29. The Labute approximate surface area is 129 Å². The van der Waals surface area contributed by atoms with Crippen LogP contribution in [0.25, 0.3) is 10.9 Å². The van der Waals surface area contributed by atoms with Gasteiger partial charge in [0.2, 0.25) is 5.91 Å². The molecule has 1 saturated heterocycles. The van der Waals surface area contributed by atoms with Crippen LogP contribution >= 0.6 is 0 Å². The lowest BCUT2D eigenvalue weighted by atomic mass is 10.1. The third-order valence-corrected chi connectivity index (χ3v) is 4.07. The van der Waals surface area contributed by atoms with Gasteiger partial charge in [0.15, 0.2) is 0 Å². The summed E-state index contributed by atoms with van der Waals surface area (Å²) in [7, 11) is 0. The molecule has 2 aromatic rings. The van der Waals surface area contributed by atoms with Crippen LogP contribution in [0.4, 0.5) is 5.82 Å². The fourth-order valence-corrected chi connectivity index (χ4v) is 2.71. The van der Waals surface area contributed by atoms with Gasteiger partial charge in [-0.15, -0.1) is 0 Å². The van der Waals surface area contributed by atoms with E-state index in [0.29, 0.717) is 31.1 Å². The van der Waals surface area contributed by atoms with Crippen LogP contribution in [0, 0.1) is 5.92 Å². The fourth-order valence-electron chi connectivity index (χ4n) is 2.71. The molecule has 1 fully saturated rings. The molecule has 5 nitrogen and oxygen atoms in total. The summed E-state index contributed by atoms with van der Waals surface area (Å²) in [6, 6.07) is 9.88. The number of nitrogens with one attached hydrogen (secondary N) is 1. The summed E-state index contributed by atoms with van der Waals surface area (Å²) in [5, 5.41) is 4.02. The molecule has 22 heavy (non-hydrogen) atoms. The number of fused-ring (bicyclic) bond motifs is 1. The highest BCUT2D eigenvalue weighted by Gasteiger charge is 2.16. The van der Waals surface area contributed by atoms with Gasteiger partial charge in [-0.25, -0.2) is 4.98 Å². The molecule has 0 saturated carbocycles. The Morgan fingerprint density at radius 1 is 1.41 bits per heavy atom. The molecule has 5 heteroatoms. The SMILES string of the molecule is Nc1nc2ccccc2cc1CCC(=O)NCC1CCOC1. The molecule has 1 aromatic carbocycles. The van der Waals surface area contributed by atoms with Crippen molar-refractivity contribution in [2.75, 3.05) is 25.5 Å². The van der Waals surface area contributed by atoms with Crippen molar-refractivity contribution in [2.24, 2.45) is 5.92 Å². The smallest absolute Gasteiger partial charge is 0.220 e. The summed E-state index contributed by atoms with van der Waals surface area (Å²) in [6.45, 7) is 2.26. The van der Waals surface area contributed by atoms with Crippen molar-refractivity contribution in [3.05, 3.63) is 35.9 Å². The van der Waals surface area contributed by atoms with Gasteiger partial charge in [0.25, 0.3) is 0 Å². The summed E-state index contributed by atoms with van der Waals surface area (Å²) < 4.78 is 5.30. The van der Waals surface area contributed by atoms with Gasteiger partial charge in [0, 0.05) is 30.9 Å². The van der Waals surface area contributed by atoms with Crippen molar-refractivity contribution in [3.63, 3.8) is 0 Å². The van der Waals surface area contributed by atoms with E-state index in [1.807, 2.05) is 30.3 Å². The summed E-state index contributed by atoms with van der Waals surface area (Å²) in [4.78, 5) is 16.3. The molecule has 1 unspecified atom stereocenters. The van der Waals surface area contributed by atoms with E-state index in [0.717, 1.165) is 36.1 Å². The molecular weight excluding hydrogens is 278 g/mol. The molecule has 116 valence electrons. The molecule has 0 spiro atoms. The van der Waals surface area contributed by atoms with Crippen LogP contribution in [-0.2, 0) is 16.0 Å². The van der Waals surface area contributed by atoms with Gasteiger partial charge in [-0.05, 0) is 30.5 Å². The summed E-state index contributed by atoms with van der Waals surface area (Å²) >= 11 is 0. The number of anilines is 1. The van der Waals surface area contributed by atoms with Gasteiger partial charge in [0.05, 0.1) is 12.1 Å². The molecule has 1 aromatic heterocycles.